The minimum atomic E-state index is -2.73. The van der Waals surface area contributed by atoms with Gasteiger partial charge < -0.3 is 4.74 Å². The Morgan fingerprint density at radius 3 is 2.75 bits per heavy atom. The standard InChI is InChI=1S/C9H7BrClF2NO2/c1-16-9(15)7-5(3-11)4(8(12)13)2-6(10)14-7/h2,8H,3H2,1H3. The molecule has 0 fully saturated rings. The van der Waals surface area contributed by atoms with Gasteiger partial charge in [0, 0.05) is 11.1 Å². The average Bonchev–Trinajstić information content (AvgIpc) is 2.26. The lowest BCUT2D eigenvalue weighted by molar-refractivity contribution is 0.0592. The molecule has 1 rings (SSSR count). The number of ether oxygens (including phenoxy) is 1. The Balaban J connectivity index is 3.41. The van der Waals surface area contributed by atoms with Gasteiger partial charge in [-0.1, -0.05) is 0 Å². The van der Waals surface area contributed by atoms with Gasteiger partial charge in [-0.05, 0) is 22.0 Å². The van der Waals surface area contributed by atoms with E-state index in [-0.39, 0.29) is 27.3 Å². The van der Waals surface area contributed by atoms with Crippen LogP contribution in [-0.4, -0.2) is 18.1 Å². The quantitative estimate of drug-likeness (QED) is 0.488. The summed E-state index contributed by atoms with van der Waals surface area (Å²) in [6.45, 7) is 0. The highest BCUT2D eigenvalue weighted by atomic mass is 79.9. The Hall–Kier alpha value is -0.750. The summed E-state index contributed by atoms with van der Waals surface area (Å²) in [6.07, 6.45) is -2.73. The number of aromatic nitrogens is 1. The van der Waals surface area contributed by atoms with E-state index < -0.39 is 12.4 Å². The summed E-state index contributed by atoms with van der Waals surface area (Å²) < 4.78 is 29.9. The topological polar surface area (TPSA) is 39.2 Å². The van der Waals surface area contributed by atoms with Crippen molar-refractivity contribution in [2.24, 2.45) is 0 Å². The van der Waals surface area contributed by atoms with E-state index in [4.69, 9.17) is 11.6 Å². The fraction of sp³-hybridized carbons (Fsp3) is 0.333. The number of hydrogen-bond donors (Lipinski definition) is 0. The SMILES string of the molecule is COC(=O)c1nc(Br)cc(C(F)F)c1CCl. The van der Waals surface area contributed by atoms with Gasteiger partial charge in [-0.15, -0.1) is 11.6 Å². The van der Waals surface area contributed by atoms with Gasteiger partial charge >= 0.3 is 5.97 Å². The Morgan fingerprint density at radius 1 is 1.69 bits per heavy atom. The second kappa shape index (κ2) is 5.54. The van der Waals surface area contributed by atoms with Crippen molar-refractivity contribution in [3.63, 3.8) is 0 Å². The van der Waals surface area contributed by atoms with Gasteiger partial charge in [-0.25, -0.2) is 18.6 Å². The van der Waals surface area contributed by atoms with Crippen LogP contribution in [0.15, 0.2) is 10.7 Å². The number of carbonyl (C=O) groups is 1. The smallest absolute Gasteiger partial charge is 0.357 e. The highest BCUT2D eigenvalue weighted by Gasteiger charge is 2.22. The van der Waals surface area contributed by atoms with Gasteiger partial charge in [0.25, 0.3) is 6.43 Å². The van der Waals surface area contributed by atoms with Crippen LogP contribution < -0.4 is 0 Å². The van der Waals surface area contributed by atoms with E-state index in [1.165, 1.54) is 0 Å². The van der Waals surface area contributed by atoms with Crippen LogP contribution >= 0.6 is 27.5 Å². The van der Waals surface area contributed by atoms with Gasteiger partial charge in [-0.3, -0.25) is 0 Å². The van der Waals surface area contributed by atoms with E-state index in [2.05, 4.69) is 25.7 Å². The van der Waals surface area contributed by atoms with Crippen molar-refractivity contribution in [1.82, 2.24) is 4.98 Å². The number of alkyl halides is 3. The number of rotatable bonds is 3. The van der Waals surface area contributed by atoms with Gasteiger partial charge in [0.05, 0.1) is 13.0 Å². The summed E-state index contributed by atoms with van der Waals surface area (Å²) >= 11 is 8.49. The fourth-order valence-electron chi connectivity index (χ4n) is 1.16. The highest BCUT2D eigenvalue weighted by molar-refractivity contribution is 9.10. The third kappa shape index (κ3) is 2.68. The maximum Gasteiger partial charge on any atom is 0.357 e. The molecule has 16 heavy (non-hydrogen) atoms. The lowest BCUT2D eigenvalue weighted by Crippen LogP contribution is -2.11. The number of esters is 1. The molecule has 0 atom stereocenters. The van der Waals surface area contributed by atoms with E-state index in [9.17, 15) is 13.6 Å². The first-order valence-corrected chi connectivity index (χ1v) is 5.45. The van der Waals surface area contributed by atoms with E-state index >= 15 is 0 Å². The first-order chi connectivity index (χ1) is 7.51. The maximum absolute atomic E-state index is 12.7. The zero-order valence-electron chi connectivity index (χ0n) is 8.14. The first-order valence-electron chi connectivity index (χ1n) is 4.13. The first kappa shape index (κ1) is 13.3. The van der Waals surface area contributed by atoms with Gasteiger partial charge in [0.2, 0.25) is 0 Å². The third-order valence-corrected chi connectivity index (χ3v) is 2.55. The molecule has 0 saturated heterocycles. The summed E-state index contributed by atoms with van der Waals surface area (Å²) in [5.74, 6) is -1.02. The molecule has 0 N–H and O–H groups in total. The summed E-state index contributed by atoms with van der Waals surface area (Å²) in [5.41, 5.74) is -0.522. The van der Waals surface area contributed by atoms with Crippen molar-refractivity contribution in [3.05, 3.63) is 27.5 Å². The zero-order chi connectivity index (χ0) is 12.3. The number of pyridine rings is 1. The number of carbonyl (C=O) groups excluding carboxylic acids is 1. The van der Waals surface area contributed by atoms with Crippen LogP contribution in [0.2, 0.25) is 0 Å². The van der Waals surface area contributed by atoms with Crippen LogP contribution in [0.3, 0.4) is 0 Å². The van der Waals surface area contributed by atoms with Crippen molar-refractivity contribution < 1.29 is 18.3 Å². The van der Waals surface area contributed by atoms with Crippen LogP contribution in [0.5, 0.6) is 0 Å². The van der Waals surface area contributed by atoms with Crippen LogP contribution in [0.1, 0.15) is 28.0 Å². The van der Waals surface area contributed by atoms with E-state index in [1.807, 2.05) is 0 Å². The van der Waals surface area contributed by atoms with Crippen LogP contribution in [0.4, 0.5) is 8.78 Å². The molecular weight excluding hydrogens is 307 g/mol. The molecule has 88 valence electrons. The second-order valence-corrected chi connectivity index (χ2v) is 3.87. The maximum atomic E-state index is 12.7. The number of methoxy groups -OCH3 is 1. The number of hydrogen-bond acceptors (Lipinski definition) is 3. The van der Waals surface area contributed by atoms with Crippen molar-refractivity contribution in [2.45, 2.75) is 12.3 Å². The molecule has 1 aromatic rings. The highest BCUT2D eigenvalue weighted by Crippen LogP contribution is 2.28. The predicted octanol–water partition coefficient (Wildman–Crippen LogP) is 3.31. The normalized spacial score (nSPS) is 10.6. The second-order valence-electron chi connectivity index (χ2n) is 2.79. The third-order valence-electron chi connectivity index (χ3n) is 1.87. The molecule has 0 aliphatic carbocycles. The number of nitrogens with zero attached hydrogens (tertiary/aromatic N) is 1. The van der Waals surface area contributed by atoms with Crippen molar-refractivity contribution in [2.75, 3.05) is 7.11 Å². The molecule has 0 aliphatic rings. The summed E-state index contributed by atoms with van der Waals surface area (Å²) in [5, 5.41) is 0. The molecular formula is C9H7BrClF2NO2. The Labute approximate surface area is 104 Å². The molecule has 0 aliphatic heterocycles. The molecule has 0 bridgehead atoms. The molecule has 7 heteroatoms. The molecule has 0 aromatic carbocycles. The summed E-state index contributed by atoms with van der Waals surface area (Å²) in [7, 11) is 1.14. The Bertz CT molecular complexity index is 415. The molecule has 0 spiro atoms. The van der Waals surface area contributed by atoms with Crippen LogP contribution in [0.25, 0.3) is 0 Å². The van der Waals surface area contributed by atoms with Gasteiger partial charge in [0.1, 0.15) is 4.60 Å². The summed E-state index contributed by atoms with van der Waals surface area (Å²) in [6, 6.07) is 1.13. The van der Waals surface area contributed by atoms with Crippen molar-refractivity contribution in [1.29, 1.82) is 0 Å². The van der Waals surface area contributed by atoms with E-state index in [0.717, 1.165) is 13.2 Å². The van der Waals surface area contributed by atoms with Crippen molar-refractivity contribution in [3.8, 4) is 0 Å². The van der Waals surface area contributed by atoms with E-state index in [0.29, 0.717) is 0 Å². The molecule has 1 aromatic heterocycles. The minimum absolute atomic E-state index is 0.00767. The van der Waals surface area contributed by atoms with Crippen molar-refractivity contribution >= 4 is 33.5 Å². The van der Waals surface area contributed by atoms with Gasteiger partial charge in [-0.2, -0.15) is 0 Å². The number of halogens is 4. The molecule has 3 nitrogen and oxygen atoms in total. The van der Waals surface area contributed by atoms with Gasteiger partial charge in [0.15, 0.2) is 5.69 Å². The Morgan fingerprint density at radius 2 is 2.31 bits per heavy atom. The Kier molecular flexibility index (Phi) is 4.61. The minimum Gasteiger partial charge on any atom is -0.464 e. The molecule has 0 unspecified atom stereocenters. The fourth-order valence-corrected chi connectivity index (χ4v) is 1.86. The monoisotopic (exact) mass is 313 g/mol. The molecule has 0 saturated carbocycles. The predicted molar refractivity (Wildman–Crippen MR) is 57.8 cm³/mol. The lowest BCUT2D eigenvalue weighted by atomic mass is 10.1. The molecule has 1 heterocycles. The zero-order valence-corrected chi connectivity index (χ0v) is 10.5. The van der Waals surface area contributed by atoms with Crippen LogP contribution in [0, 0.1) is 0 Å². The molecule has 0 radical (unpaired) electrons. The largest absolute Gasteiger partial charge is 0.464 e. The molecule has 0 amide bonds. The van der Waals surface area contributed by atoms with E-state index in [1.54, 1.807) is 0 Å². The van der Waals surface area contributed by atoms with Crippen LogP contribution in [-0.2, 0) is 10.6 Å². The summed E-state index contributed by atoms with van der Waals surface area (Å²) in [4.78, 5) is 15.1. The average molecular weight is 315 g/mol. The lowest BCUT2D eigenvalue weighted by Gasteiger charge is -2.10.